The molecule has 1 aliphatic heterocycles. The summed E-state index contributed by atoms with van der Waals surface area (Å²) in [5.74, 6) is 0.813. The summed E-state index contributed by atoms with van der Waals surface area (Å²) < 4.78 is 45.1. The van der Waals surface area contributed by atoms with Crippen LogP contribution < -0.4 is 4.74 Å². The first kappa shape index (κ1) is 28.1. The molecule has 0 spiro atoms. The number of rotatable bonds is 6. The average molecular weight is 571 g/mol. The van der Waals surface area contributed by atoms with Crippen molar-refractivity contribution in [1.29, 1.82) is 0 Å². The number of phenolic OH excluding ortho intramolecular Hbond substituents is 1. The first-order valence-electron chi connectivity index (χ1n) is 14.4. The van der Waals surface area contributed by atoms with Gasteiger partial charge in [0.2, 0.25) is 5.91 Å². The van der Waals surface area contributed by atoms with Crippen LogP contribution in [-0.2, 0) is 22.8 Å². The highest BCUT2D eigenvalue weighted by Gasteiger charge is 2.66. The number of ether oxygens (including phenoxy) is 1. The van der Waals surface area contributed by atoms with Gasteiger partial charge in [0.1, 0.15) is 0 Å². The number of phenols is 1. The number of likely N-dealkylation sites (N-methyl/N-ethyl adjacent to an activating group) is 1. The maximum atomic E-state index is 13.3. The Morgan fingerprint density at radius 2 is 1.98 bits per heavy atom. The average Bonchev–Trinajstić information content (AvgIpc) is 3.76. The van der Waals surface area contributed by atoms with Crippen LogP contribution in [0.3, 0.4) is 0 Å². The maximum Gasteiger partial charge on any atom is 0.416 e. The molecule has 3 aliphatic carbocycles. The summed E-state index contributed by atoms with van der Waals surface area (Å²) in [7, 11) is 3.25. The monoisotopic (exact) mass is 570 g/mol. The molecule has 9 heteroatoms. The second-order valence-electron chi connectivity index (χ2n) is 12.4. The molecule has 2 aromatic carbocycles. The van der Waals surface area contributed by atoms with E-state index in [4.69, 9.17) is 4.74 Å². The van der Waals surface area contributed by atoms with Crippen molar-refractivity contribution in [3.05, 3.63) is 64.7 Å². The molecule has 0 unspecified atom stereocenters. The zero-order valence-electron chi connectivity index (χ0n) is 23.5. The van der Waals surface area contributed by atoms with Crippen molar-refractivity contribution in [2.45, 2.75) is 74.2 Å². The van der Waals surface area contributed by atoms with E-state index in [0.717, 1.165) is 36.3 Å². The van der Waals surface area contributed by atoms with Gasteiger partial charge in [-0.1, -0.05) is 18.2 Å². The van der Waals surface area contributed by atoms with Crippen LogP contribution in [-0.4, -0.2) is 70.9 Å². The molecule has 4 aliphatic rings. The molecule has 6 rings (SSSR count). The summed E-state index contributed by atoms with van der Waals surface area (Å²) in [6.45, 7) is 1.80. The minimum absolute atomic E-state index is 0.0393. The highest BCUT2D eigenvalue weighted by molar-refractivity contribution is 5.91. The Morgan fingerprint density at radius 1 is 1.20 bits per heavy atom. The number of nitrogens with zero attached hydrogens (tertiary/aromatic N) is 2. The number of benzene rings is 2. The van der Waals surface area contributed by atoms with Gasteiger partial charge in [-0.05, 0) is 92.8 Å². The molecule has 2 bridgehead atoms. The number of aliphatic hydroxyl groups is 1. The fourth-order valence-corrected chi connectivity index (χ4v) is 7.83. The Kier molecular flexibility index (Phi) is 6.89. The molecule has 220 valence electrons. The largest absolute Gasteiger partial charge is 0.504 e. The quantitative estimate of drug-likeness (QED) is 0.470. The van der Waals surface area contributed by atoms with Crippen molar-refractivity contribution in [1.82, 2.24) is 9.80 Å². The number of fused-ring (bicyclic) bond motifs is 1. The van der Waals surface area contributed by atoms with Crippen LogP contribution in [0.15, 0.2) is 42.5 Å². The number of aromatic hydroxyl groups is 1. The molecule has 1 amide bonds. The Morgan fingerprint density at radius 3 is 2.68 bits per heavy atom. The molecule has 2 N–H and O–H groups in total. The molecule has 1 saturated heterocycles. The van der Waals surface area contributed by atoms with E-state index < -0.39 is 22.8 Å². The number of carbonyl (C=O) groups is 1. The lowest BCUT2D eigenvalue weighted by Crippen LogP contribution is -2.74. The van der Waals surface area contributed by atoms with Crippen LogP contribution in [0.25, 0.3) is 6.08 Å². The zero-order chi connectivity index (χ0) is 29.2. The first-order chi connectivity index (χ1) is 19.5. The smallest absolute Gasteiger partial charge is 0.416 e. The molecule has 2 saturated carbocycles. The molecule has 0 radical (unpaired) electrons. The Labute approximate surface area is 238 Å². The Hall–Kier alpha value is -3.04. The summed E-state index contributed by atoms with van der Waals surface area (Å²) in [6, 6.07) is 8.23. The highest BCUT2D eigenvalue weighted by atomic mass is 19.4. The minimum atomic E-state index is -4.46. The lowest BCUT2D eigenvalue weighted by atomic mass is 9.48. The first-order valence-corrected chi connectivity index (χ1v) is 14.4. The number of halogens is 3. The Bertz CT molecular complexity index is 1370. The molecule has 0 aromatic heterocycles. The lowest BCUT2D eigenvalue weighted by molar-refractivity contribution is -0.178. The molecule has 3 fully saturated rings. The van der Waals surface area contributed by atoms with Crippen molar-refractivity contribution in [2.75, 3.05) is 27.2 Å². The molecular weight excluding hydrogens is 533 g/mol. The molecule has 41 heavy (non-hydrogen) atoms. The number of likely N-dealkylation sites (tertiary alicyclic amines) is 1. The fourth-order valence-electron chi connectivity index (χ4n) is 7.83. The summed E-state index contributed by atoms with van der Waals surface area (Å²) in [5.41, 5.74) is -0.295. The van der Waals surface area contributed by atoms with Crippen molar-refractivity contribution >= 4 is 12.0 Å². The predicted octanol–water partition coefficient (Wildman–Crippen LogP) is 5.15. The van der Waals surface area contributed by atoms with Gasteiger partial charge in [-0.3, -0.25) is 9.69 Å². The van der Waals surface area contributed by atoms with E-state index >= 15 is 0 Å². The number of amides is 1. The molecular formula is C32H37F3N2O4. The van der Waals surface area contributed by atoms with Crippen LogP contribution in [0.2, 0.25) is 0 Å². The normalized spacial score (nSPS) is 29.6. The Balaban J connectivity index is 1.31. The van der Waals surface area contributed by atoms with Crippen LogP contribution in [0.1, 0.15) is 60.8 Å². The predicted molar refractivity (Wildman–Crippen MR) is 149 cm³/mol. The fraction of sp³-hybridized carbons (Fsp3) is 0.531. The van der Waals surface area contributed by atoms with Gasteiger partial charge >= 0.3 is 6.18 Å². The van der Waals surface area contributed by atoms with Crippen LogP contribution in [0, 0.1) is 5.92 Å². The topological polar surface area (TPSA) is 73.2 Å². The van der Waals surface area contributed by atoms with Crippen LogP contribution in [0.4, 0.5) is 13.2 Å². The van der Waals surface area contributed by atoms with Crippen molar-refractivity contribution in [3.8, 4) is 11.5 Å². The standard InChI is InChI=1S/C32H37F3N2O4/c1-36(27(39)11-8-20-4-3-5-23(16-20)32(33,34)35)24-12-13-31(40)26-17-22-9-10-25(38)29(41-2)28(22)30(31,18-24)14-15-37(26)19-21-6-7-21/h3-5,8-11,16,21,24,26,38,40H,6-7,12-15,17-19H2,1-2H3/t24-,26-,30-,31-/m1/s1. The summed E-state index contributed by atoms with van der Waals surface area (Å²) >= 11 is 0. The van der Waals surface area contributed by atoms with Gasteiger partial charge in [0.25, 0.3) is 0 Å². The third-order valence-corrected chi connectivity index (χ3v) is 10.1. The van der Waals surface area contributed by atoms with E-state index in [0.29, 0.717) is 49.3 Å². The number of methoxy groups -OCH3 is 1. The number of alkyl halides is 3. The maximum absolute atomic E-state index is 13.3. The summed E-state index contributed by atoms with van der Waals surface area (Å²) in [4.78, 5) is 17.4. The number of hydrogen-bond acceptors (Lipinski definition) is 5. The second kappa shape index (κ2) is 10.1. The molecule has 6 nitrogen and oxygen atoms in total. The third kappa shape index (κ3) is 4.71. The zero-order valence-corrected chi connectivity index (χ0v) is 23.5. The SMILES string of the molecule is COc1c(O)ccc2c1[C@]13CCN(CC4CC4)[C@H](C2)[C@]1(O)CC[C@@H](N(C)C(=O)C=Cc1cccc(C(F)(F)F)c1)C3. The van der Waals surface area contributed by atoms with Gasteiger partial charge in [0.15, 0.2) is 11.5 Å². The van der Waals surface area contributed by atoms with E-state index in [9.17, 15) is 28.2 Å². The van der Waals surface area contributed by atoms with Gasteiger partial charge in [0.05, 0.1) is 18.3 Å². The van der Waals surface area contributed by atoms with Crippen molar-refractivity contribution in [3.63, 3.8) is 0 Å². The number of hydrogen-bond donors (Lipinski definition) is 2. The number of piperidine rings is 1. The summed E-state index contributed by atoms with van der Waals surface area (Å²) in [5, 5.41) is 23.4. The minimum Gasteiger partial charge on any atom is -0.504 e. The van der Waals surface area contributed by atoms with Crippen LogP contribution >= 0.6 is 0 Å². The van der Waals surface area contributed by atoms with Crippen molar-refractivity contribution in [2.24, 2.45) is 5.92 Å². The molecule has 1 heterocycles. The van der Waals surface area contributed by atoms with Crippen molar-refractivity contribution < 1.29 is 32.9 Å². The third-order valence-electron chi connectivity index (χ3n) is 10.1. The molecule has 4 atom stereocenters. The van der Waals surface area contributed by atoms with E-state index in [2.05, 4.69) is 4.90 Å². The van der Waals surface area contributed by atoms with Gasteiger partial charge in [-0.25, -0.2) is 0 Å². The second-order valence-corrected chi connectivity index (χ2v) is 12.4. The summed E-state index contributed by atoms with van der Waals surface area (Å²) in [6.07, 6.45) is 3.69. The lowest BCUT2D eigenvalue weighted by Gasteiger charge is -2.65. The van der Waals surface area contributed by atoms with Crippen LogP contribution in [0.5, 0.6) is 11.5 Å². The van der Waals surface area contributed by atoms with Gasteiger partial charge in [-0.15, -0.1) is 0 Å². The van der Waals surface area contributed by atoms with E-state index in [1.807, 2.05) is 6.07 Å². The van der Waals surface area contributed by atoms with E-state index in [1.165, 1.54) is 44.2 Å². The molecule has 2 aromatic rings. The van der Waals surface area contributed by atoms with E-state index in [1.54, 1.807) is 18.0 Å². The van der Waals surface area contributed by atoms with Gasteiger partial charge in [0, 0.05) is 42.7 Å². The number of carbonyl (C=O) groups excluding carboxylic acids is 1. The van der Waals surface area contributed by atoms with E-state index in [-0.39, 0.29) is 23.7 Å². The van der Waals surface area contributed by atoms with Gasteiger partial charge in [-0.2, -0.15) is 13.2 Å². The van der Waals surface area contributed by atoms with Gasteiger partial charge < -0.3 is 19.8 Å². The highest BCUT2D eigenvalue weighted by Crippen LogP contribution is 2.61.